The second kappa shape index (κ2) is 6.38. The fourth-order valence-electron chi connectivity index (χ4n) is 1.70. The average Bonchev–Trinajstić information content (AvgIpc) is 2.93. The summed E-state index contributed by atoms with van der Waals surface area (Å²) < 4.78 is 29.0. The van der Waals surface area contributed by atoms with E-state index in [-0.39, 0.29) is 4.90 Å². The zero-order valence-electron chi connectivity index (χ0n) is 11.1. The molecule has 0 aliphatic carbocycles. The van der Waals surface area contributed by atoms with Crippen LogP contribution in [-0.2, 0) is 16.4 Å². The number of aryl methyl sites for hydroxylation is 1. The van der Waals surface area contributed by atoms with E-state index in [2.05, 4.69) is 16.9 Å². The number of hydrogen-bond donors (Lipinski definition) is 1. The van der Waals surface area contributed by atoms with Crippen LogP contribution in [0.25, 0.3) is 0 Å². The summed E-state index contributed by atoms with van der Waals surface area (Å²) in [5.41, 5.74) is 1.12. The minimum atomic E-state index is -3.63. The molecule has 0 saturated heterocycles. The Hall–Kier alpha value is -2.08. The summed E-state index contributed by atoms with van der Waals surface area (Å²) in [6, 6.07) is 10.2. The highest BCUT2D eigenvalue weighted by Crippen LogP contribution is 2.11. The van der Waals surface area contributed by atoms with Crippen LogP contribution in [-0.4, -0.2) is 14.6 Å². The number of furan rings is 1. The Morgan fingerprint density at radius 1 is 1.25 bits per heavy atom. The molecule has 0 amide bonds. The largest absolute Gasteiger partial charge is 0.463 e. The van der Waals surface area contributed by atoms with E-state index in [0.717, 1.165) is 18.4 Å². The van der Waals surface area contributed by atoms with Gasteiger partial charge in [0.15, 0.2) is 0 Å². The van der Waals surface area contributed by atoms with E-state index in [1.165, 1.54) is 12.5 Å². The molecule has 0 spiro atoms. The van der Waals surface area contributed by atoms with Crippen molar-refractivity contribution in [2.45, 2.75) is 24.7 Å². The molecule has 0 unspecified atom stereocenters. The van der Waals surface area contributed by atoms with E-state index in [9.17, 15) is 8.42 Å². The van der Waals surface area contributed by atoms with E-state index < -0.39 is 10.0 Å². The van der Waals surface area contributed by atoms with Gasteiger partial charge in [-0.3, -0.25) is 0 Å². The summed E-state index contributed by atoms with van der Waals surface area (Å²) in [5, 5.41) is 3.66. The maximum Gasteiger partial charge on any atom is 0.276 e. The SMILES string of the molecule is CCCc1ccc(S(=O)(=O)N/N=C/c2ccco2)cc1. The van der Waals surface area contributed by atoms with Crippen molar-refractivity contribution in [1.82, 2.24) is 4.83 Å². The van der Waals surface area contributed by atoms with Crippen LogP contribution in [0.2, 0.25) is 0 Å². The molecule has 1 heterocycles. The smallest absolute Gasteiger partial charge is 0.276 e. The number of hydrazone groups is 1. The zero-order chi connectivity index (χ0) is 14.4. The van der Waals surface area contributed by atoms with Crippen molar-refractivity contribution in [3.05, 3.63) is 54.0 Å². The highest BCUT2D eigenvalue weighted by atomic mass is 32.2. The Kier molecular flexibility index (Phi) is 4.57. The van der Waals surface area contributed by atoms with Gasteiger partial charge in [0.1, 0.15) is 5.76 Å². The van der Waals surface area contributed by atoms with E-state index in [1.807, 2.05) is 12.1 Å². The fourth-order valence-corrected chi connectivity index (χ4v) is 2.49. The molecule has 2 aromatic rings. The van der Waals surface area contributed by atoms with Gasteiger partial charge in [0, 0.05) is 0 Å². The Labute approximate surface area is 118 Å². The van der Waals surface area contributed by atoms with Crippen molar-refractivity contribution in [1.29, 1.82) is 0 Å². The summed E-state index contributed by atoms with van der Waals surface area (Å²) in [7, 11) is -3.63. The van der Waals surface area contributed by atoms with Gasteiger partial charge in [-0.2, -0.15) is 18.4 Å². The van der Waals surface area contributed by atoms with Crippen LogP contribution in [0.5, 0.6) is 0 Å². The van der Waals surface area contributed by atoms with Crippen LogP contribution < -0.4 is 4.83 Å². The monoisotopic (exact) mass is 292 g/mol. The number of benzene rings is 1. The van der Waals surface area contributed by atoms with Crippen molar-refractivity contribution in [2.24, 2.45) is 5.10 Å². The van der Waals surface area contributed by atoms with Gasteiger partial charge in [0.2, 0.25) is 0 Å². The zero-order valence-corrected chi connectivity index (χ0v) is 11.9. The van der Waals surface area contributed by atoms with Gasteiger partial charge in [-0.25, -0.2) is 0 Å². The molecule has 0 atom stereocenters. The molecular formula is C14H16N2O3S. The molecule has 5 nitrogen and oxygen atoms in total. The van der Waals surface area contributed by atoms with Crippen LogP contribution in [0.3, 0.4) is 0 Å². The summed E-state index contributed by atoms with van der Waals surface area (Å²) in [4.78, 5) is 2.34. The first kappa shape index (κ1) is 14.3. The lowest BCUT2D eigenvalue weighted by Crippen LogP contribution is -2.18. The fraction of sp³-hybridized carbons (Fsp3) is 0.214. The van der Waals surface area contributed by atoms with Gasteiger partial charge in [0.05, 0.1) is 17.4 Å². The van der Waals surface area contributed by atoms with E-state index in [4.69, 9.17) is 4.42 Å². The molecule has 0 aliphatic heterocycles. The molecule has 0 aliphatic rings. The normalized spacial score (nSPS) is 11.8. The average molecular weight is 292 g/mol. The topological polar surface area (TPSA) is 71.7 Å². The Morgan fingerprint density at radius 3 is 2.60 bits per heavy atom. The predicted octanol–water partition coefficient (Wildman–Crippen LogP) is 2.54. The first-order chi connectivity index (χ1) is 9.62. The number of nitrogens with one attached hydrogen (secondary N) is 1. The van der Waals surface area contributed by atoms with Crippen molar-refractivity contribution in [2.75, 3.05) is 0 Å². The first-order valence-corrected chi connectivity index (χ1v) is 7.77. The first-order valence-electron chi connectivity index (χ1n) is 6.29. The molecule has 2 rings (SSSR count). The van der Waals surface area contributed by atoms with Gasteiger partial charge in [0.25, 0.3) is 10.0 Å². The summed E-state index contributed by atoms with van der Waals surface area (Å²) in [6.45, 7) is 2.08. The van der Waals surface area contributed by atoms with Gasteiger partial charge in [-0.1, -0.05) is 25.5 Å². The van der Waals surface area contributed by atoms with Crippen molar-refractivity contribution in [3.63, 3.8) is 0 Å². The highest BCUT2D eigenvalue weighted by molar-refractivity contribution is 7.89. The molecule has 20 heavy (non-hydrogen) atoms. The third kappa shape index (κ3) is 3.71. The second-order valence-electron chi connectivity index (χ2n) is 4.26. The van der Waals surface area contributed by atoms with Crippen LogP contribution in [0.1, 0.15) is 24.7 Å². The lowest BCUT2D eigenvalue weighted by atomic mass is 10.1. The van der Waals surface area contributed by atoms with Crippen LogP contribution in [0, 0.1) is 0 Å². The Bertz CT molecular complexity index is 659. The van der Waals surface area contributed by atoms with E-state index >= 15 is 0 Å². The summed E-state index contributed by atoms with van der Waals surface area (Å²) >= 11 is 0. The van der Waals surface area contributed by atoms with Gasteiger partial charge < -0.3 is 4.42 Å². The van der Waals surface area contributed by atoms with E-state index in [1.54, 1.807) is 24.3 Å². The van der Waals surface area contributed by atoms with Crippen molar-refractivity contribution in [3.8, 4) is 0 Å². The van der Waals surface area contributed by atoms with Crippen molar-refractivity contribution >= 4 is 16.2 Å². The molecule has 0 radical (unpaired) electrons. The standard InChI is InChI=1S/C14H16N2O3S/c1-2-4-12-6-8-14(9-7-12)20(17,18)16-15-11-13-5-3-10-19-13/h3,5-11,16H,2,4H2,1H3/b15-11+. The second-order valence-corrected chi connectivity index (χ2v) is 5.92. The molecule has 1 aromatic carbocycles. The lowest BCUT2D eigenvalue weighted by molar-refractivity contribution is 0.559. The molecule has 0 bridgehead atoms. The van der Waals surface area contributed by atoms with Crippen LogP contribution in [0.4, 0.5) is 0 Å². The van der Waals surface area contributed by atoms with Crippen molar-refractivity contribution < 1.29 is 12.8 Å². The van der Waals surface area contributed by atoms with Gasteiger partial charge in [-0.05, 0) is 36.2 Å². The van der Waals surface area contributed by atoms with Gasteiger partial charge in [-0.15, -0.1) is 0 Å². The summed E-state index contributed by atoms with van der Waals surface area (Å²) in [5.74, 6) is 0.478. The van der Waals surface area contributed by atoms with Gasteiger partial charge >= 0.3 is 0 Å². The number of sulfonamides is 1. The quantitative estimate of drug-likeness (QED) is 0.657. The Balaban J connectivity index is 2.06. The molecule has 0 saturated carbocycles. The molecule has 1 N–H and O–H groups in total. The lowest BCUT2D eigenvalue weighted by Gasteiger charge is -2.04. The Morgan fingerprint density at radius 2 is 2.00 bits per heavy atom. The minimum absolute atomic E-state index is 0.189. The number of nitrogens with zero attached hydrogens (tertiary/aromatic N) is 1. The van der Waals surface area contributed by atoms with E-state index in [0.29, 0.717) is 5.76 Å². The third-order valence-electron chi connectivity index (χ3n) is 2.68. The summed E-state index contributed by atoms with van der Waals surface area (Å²) in [6.07, 6.45) is 4.76. The number of rotatable bonds is 6. The molecule has 1 aromatic heterocycles. The van der Waals surface area contributed by atoms with Crippen LogP contribution >= 0.6 is 0 Å². The molecule has 106 valence electrons. The molecule has 0 fully saturated rings. The number of hydrogen-bond acceptors (Lipinski definition) is 4. The third-order valence-corrected chi connectivity index (χ3v) is 3.92. The molecular weight excluding hydrogens is 276 g/mol. The maximum atomic E-state index is 12.0. The predicted molar refractivity (Wildman–Crippen MR) is 77.1 cm³/mol. The maximum absolute atomic E-state index is 12.0. The molecule has 6 heteroatoms. The minimum Gasteiger partial charge on any atom is -0.463 e. The highest BCUT2D eigenvalue weighted by Gasteiger charge is 2.12. The van der Waals surface area contributed by atoms with Crippen LogP contribution in [0.15, 0.2) is 57.1 Å².